The molecule has 0 bridgehead atoms. The summed E-state index contributed by atoms with van der Waals surface area (Å²) < 4.78 is 0. The fourth-order valence-electron chi connectivity index (χ4n) is 3.58. The van der Waals surface area contributed by atoms with Crippen molar-refractivity contribution in [2.45, 2.75) is 0 Å². The van der Waals surface area contributed by atoms with Crippen LogP contribution in [0, 0.1) is 61.3 Å². The van der Waals surface area contributed by atoms with Crippen LogP contribution in [0.15, 0.2) is 122 Å². The van der Waals surface area contributed by atoms with Crippen LogP contribution in [0.3, 0.4) is 0 Å². The summed E-state index contributed by atoms with van der Waals surface area (Å²) in [5, 5.41) is 60.2. The van der Waals surface area contributed by atoms with E-state index in [0.717, 1.165) is 45.6 Å². The Balaban J connectivity index is 0. The van der Waals surface area contributed by atoms with Crippen molar-refractivity contribution < 1.29 is 59.3 Å². The molecule has 0 aliphatic carbocycles. The fraction of sp³-hybridized carbons (Fsp3) is 0. The Morgan fingerprint density at radius 2 is 0.536 bits per heavy atom. The molecule has 280 valence electrons. The Bertz CT molecular complexity index is 1770. The number of halogens is 2. The zero-order valence-corrected chi connectivity index (χ0v) is 35.5. The first-order valence-electron chi connectivity index (χ1n) is 13.9. The molecular formula is C30H20Cl2N10O12Zn2. The summed E-state index contributed by atoms with van der Waals surface area (Å²) in [6.07, 6.45) is 6.94. The molecule has 0 spiro atoms. The van der Waals surface area contributed by atoms with Crippen LogP contribution in [0.25, 0.3) is 45.6 Å². The molecule has 0 aliphatic rings. The molecule has 0 fully saturated rings. The number of pyridine rings is 6. The van der Waals surface area contributed by atoms with E-state index in [-0.39, 0.29) is 39.0 Å². The largest absolute Gasteiger partial charge is 2.00 e. The maximum Gasteiger partial charge on any atom is 2.00 e. The Labute approximate surface area is 349 Å². The summed E-state index contributed by atoms with van der Waals surface area (Å²) in [5.41, 5.74) is 6.15. The normalized spacial score (nSPS) is 8.75. The molecule has 6 heterocycles. The molecule has 22 nitrogen and oxygen atoms in total. The van der Waals surface area contributed by atoms with Gasteiger partial charge in [-0.2, -0.15) is 0 Å². The van der Waals surface area contributed by atoms with E-state index in [1.807, 2.05) is 72.8 Å². The second-order valence-corrected chi connectivity index (χ2v) is 9.74. The van der Waals surface area contributed by atoms with Crippen molar-refractivity contribution in [3.8, 4) is 45.6 Å². The van der Waals surface area contributed by atoms with Crippen LogP contribution in [0.2, 0.25) is 10.0 Å². The monoisotopic (exact) mass is 910 g/mol. The zero-order chi connectivity index (χ0) is 40.5. The van der Waals surface area contributed by atoms with Gasteiger partial charge >= 0.3 is 39.0 Å². The van der Waals surface area contributed by atoms with Gasteiger partial charge in [0.15, 0.2) is 0 Å². The maximum atomic E-state index is 8.25. The topological polar surface area (TPSA) is 342 Å². The molecule has 0 saturated carbocycles. The first-order valence-corrected chi connectivity index (χ1v) is 14.6. The molecule has 0 radical (unpaired) electrons. The SMILES string of the molecule is Clc1cc(-c2ccccn2)nc(-c2ccccn2)c1.Clc1cc(-c2ccccn2)nc(-c2ccccn2)c1.O=[N+]([O-])[O-].O=[N+]([O-])[O-].O=[N+]([O-])[O-].O=[N+]([O-])[O-].[Zn+2].[Zn+2]. The summed E-state index contributed by atoms with van der Waals surface area (Å²) in [6.45, 7) is 0. The van der Waals surface area contributed by atoms with Crippen LogP contribution < -0.4 is 0 Å². The molecule has 0 amide bonds. The minimum absolute atomic E-state index is 0. The second kappa shape index (κ2) is 29.0. The molecule has 0 atom stereocenters. The summed E-state index contributed by atoms with van der Waals surface area (Å²) in [7, 11) is 0. The first-order chi connectivity index (χ1) is 25.6. The van der Waals surface area contributed by atoms with Crippen LogP contribution in [0.5, 0.6) is 0 Å². The van der Waals surface area contributed by atoms with E-state index in [1.54, 1.807) is 49.1 Å². The van der Waals surface area contributed by atoms with Crippen molar-refractivity contribution in [3.63, 3.8) is 0 Å². The molecule has 56 heavy (non-hydrogen) atoms. The average molecular weight is 914 g/mol. The van der Waals surface area contributed by atoms with Crippen molar-refractivity contribution in [2.24, 2.45) is 0 Å². The number of rotatable bonds is 4. The zero-order valence-electron chi connectivity index (χ0n) is 28.1. The van der Waals surface area contributed by atoms with Crippen molar-refractivity contribution in [1.29, 1.82) is 0 Å². The molecule has 6 aromatic heterocycles. The van der Waals surface area contributed by atoms with Gasteiger partial charge in [-0.15, -0.1) is 0 Å². The van der Waals surface area contributed by atoms with E-state index in [0.29, 0.717) is 10.0 Å². The van der Waals surface area contributed by atoms with Crippen LogP contribution in [0.4, 0.5) is 0 Å². The average Bonchev–Trinajstić information content (AvgIpc) is 3.12. The molecule has 6 aromatic rings. The van der Waals surface area contributed by atoms with Crippen molar-refractivity contribution in [3.05, 3.63) is 193 Å². The van der Waals surface area contributed by atoms with Gasteiger partial charge in [0.05, 0.1) is 65.9 Å². The van der Waals surface area contributed by atoms with Gasteiger partial charge in [-0.25, -0.2) is 9.97 Å². The fourth-order valence-corrected chi connectivity index (χ4v) is 3.99. The Kier molecular flexibility index (Phi) is 26.7. The third-order valence-electron chi connectivity index (χ3n) is 5.29. The maximum absolute atomic E-state index is 8.25. The van der Waals surface area contributed by atoms with Crippen molar-refractivity contribution >= 4 is 23.2 Å². The molecule has 0 aromatic carbocycles. The number of hydrogen-bond donors (Lipinski definition) is 0. The standard InChI is InChI=1S/2C15H10ClN3.4NO3.2Zn/c2*16-11-9-14(12-5-1-3-7-17-12)19-15(10-11)13-6-2-4-8-18-13;4*2-1(3)4;;/h2*1-10H;;;;;;/q;;4*-1;2*+2. The third kappa shape index (κ3) is 24.0. The molecule has 0 aliphatic heterocycles. The van der Waals surface area contributed by atoms with Gasteiger partial charge in [-0.1, -0.05) is 47.5 Å². The molecular weight excluding hydrogens is 894 g/mol. The van der Waals surface area contributed by atoms with Gasteiger partial charge in [0.2, 0.25) is 0 Å². The van der Waals surface area contributed by atoms with Crippen LogP contribution in [0.1, 0.15) is 0 Å². The van der Waals surface area contributed by atoms with E-state index in [2.05, 4.69) is 29.9 Å². The summed E-state index contributed by atoms with van der Waals surface area (Å²) in [5.74, 6) is 0. The minimum Gasteiger partial charge on any atom is -0.356 e. The quantitative estimate of drug-likeness (QED) is 0.100. The summed E-state index contributed by atoms with van der Waals surface area (Å²) in [6, 6.07) is 30.0. The summed E-state index contributed by atoms with van der Waals surface area (Å²) in [4.78, 5) is 59.3. The van der Waals surface area contributed by atoms with E-state index < -0.39 is 20.3 Å². The predicted octanol–water partition coefficient (Wildman–Crippen LogP) is 6.76. The predicted molar refractivity (Wildman–Crippen MR) is 193 cm³/mol. The summed E-state index contributed by atoms with van der Waals surface area (Å²) >= 11 is 12.3. The van der Waals surface area contributed by atoms with E-state index in [1.165, 1.54) is 0 Å². The van der Waals surface area contributed by atoms with E-state index >= 15 is 0 Å². The Hall–Kier alpha value is -6.47. The smallest absolute Gasteiger partial charge is 0.356 e. The molecule has 6 rings (SSSR count). The van der Waals surface area contributed by atoms with E-state index in [9.17, 15) is 0 Å². The molecule has 0 N–H and O–H groups in total. The van der Waals surface area contributed by atoms with Crippen molar-refractivity contribution in [2.75, 3.05) is 0 Å². The Morgan fingerprint density at radius 1 is 0.357 bits per heavy atom. The van der Waals surface area contributed by atoms with Gasteiger partial charge < -0.3 is 61.3 Å². The second-order valence-electron chi connectivity index (χ2n) is 8.87. The van der Waals surface area contributed by atoms with Gasteiger partial charge in [-0.05, 0) is 72.8 Å². The van der Waals surface area contributed by atoms with Gasteiger partial charge in [0, 0.05) is 34.8 Å². The minimum atomic E-state index is -1.75. The van der Waals surface area contributed by atoms with Crippen LogP contribution in [-0.2, 0) is 39.0 Å². The number of nitrogens with zero attached hydrogens (tertiary/aromatic N) is 10. The molecule has 0 saturated heterocycles. The van der Waals surface area contributed by atoms with Crippen LogP contribution >= 0.6 is 23.2 Å². The van der Waals surface area contributed by atoms with Gasteiger partial charge in [0.25, 0.3) is 0 Å². The van der Waals surface area contributed by atoms with Crippen molar-refractivity contribution in [1.82, 2.24) is 29.9 Å². The van der Waals surface area contributed by atoms with E-state index in [4.69, 9.17) is 84.5 Å². The number of aromatic nitrogens is 6. The Morgan fingerprint density at radius 3 is 0.679 bits per heavy atom. The number of hydrogen-bond acceptors (Lipinski definition) is 18. The van der Waals surface area contributed by atoms with Gasteiger partial charge in [-0.3, -0.25) is 19.9 Å². The van der Waals surface area contributed by atoms with Gasteiger partial charge in [0.1, 0.15) is 0 Å². The van der Waals surface area contributed by atoms with Crippen LogP contribution in [-0.4, -0.2) is 50.3 Å². The molecule has 0 unspecified atom stereocenters. The first kappa shape index (κ1) is 51.6. The third-order valence-corrected chi connectivity index (χ3v) is 5.73. The molecule has 26 heteroatoms.